The Labute approximate surface area is 124 Å². The highest BCUT2D eigenvalue weighted by Crippen LogP contribution is 2.16. The molecule has 0 saturated heterocycles. The number of nitrogens with zero attached hydrogens (tertiary/aromatic N) is 3. The summed E-state index contributed by atoms with van der Waals surface area (Å²) in [5.74, 6) is 1.03. The highest BCUT2D eigenvalue weighted by Gasteiger charge is 2.15. The van der Waals surface area contributed by atoms with Crippen LogP contribution in [0, 0.1) is 0 Å². The smallest absolute Gasteiger partial charge is 0.130 e. The van der Waals surface area contributed by atoms with Crippen molar-refractivity contribution in [3.63, 3.8) is 0 Å². The molecule has 0 radical (unpaired) electrons. The van der Waals surface area contributed by atoms with E-state index in [0.29, 0.717) is 6.04 Å². The SMILES string of the molecule is CCCNc1ncccc1CN(CC)C(C)CN(C)C. The Hall–Kier alpha value is -1.13. The van der Waals surface area contributed by atoms with Gasteiger partial charge < -0.3 is 10.2 Å². The van der Waals surface area contributed by atoms with Crippen molar-refractivity contribution in [1.82, 2.24) is 14.8 Å². The number of rotatable bonds is 9. The van der Waals surface area contributed by atoms with Crippen LogP contribution in [0.5, 0.6) is 0 Å². The van der Waals surface area contributed by atoms with Crippen LogP contribution in [-0.2, 0) is 6.54 Å². The van der Waals surface area contributed by atoms with Crippen LogP contribution in [0.2, 0.25) is 0 Å². The molecule has 1 aromatic heterocycles. The molecular formula is C16H30N4. The Kier molecular flexibility index (Phi) is 7.55. The van der Waals surface area contributed by atoms with Gasteiger partial charge >= 0.3 is 0 Å². The van der Waals surface area contributed by atoms with Crippen LogP contribution in [0.4, 0.5) is 5.82 Å². The molecular weight excluding hydrogens is 248 g/mol. The van der Waals surface area contributed by atoms with Crippen LogP contribution in [0.3, 0.4) is 0 Å². The molecule has 0 aliphatic carbocycles. The van der Waals surface area contributed by atoms with Crippen LogP contribution >= 0.6 is 0 Å². The van der Waals surface area contributed by atoms with Crippen LogP contribution in [-0.4, -0.2) is 54.6 Å². The molecule has 0 aromatic carbocycles. The fourth-order valence-corrected chi connectivity index (χ4v) is 2.41. The van der Waals surface area contributed by atoms with Crippen LogP contribution in [0.15, 0.2) is 18.3 Å². The van der Waals surface area contributed by atoms with Crippen molar-refractivity contribution in [2.45, 2.75) is 39.8 Å². The lowest BCUT2D eigenvalue weighted by atomic mass is 10.2. The molecule has 0 amide bonds. The summed E-state index contributed by atoms with van der Waals surface area (Å²) >= 11 is 0. The standard InChI is InChI=1S/C16H30N4/c1-6-10-17-16-15(9-8-11-18-16)13-20(7-2)14(3)12-19(4)5/h8-9,11,14H,6-7,10,12-13H2,1-5H3,(H,17,18). The molecule has 0 saturated carbocycles. The lowest BCUT2D eigenvalue weighted by Gasteiger charge is -2.30. The first-order valence-electron chi connectivity index (χ1n) is 7.65. The number of hydrogen-bond acceptors (Lipinski definition) is 4. The lowest BCUT2D eigenvalue weighted by Crippen LogP contribution is -2.39. The summed E-state index contributed by atoms with van der Waals surface area (Å²) in [7, 11) is 4.26. The first kappa shape index (κ1) is 16.9. The highest BCUT2D eigenvalue weighted by molar-refractivity contribution is 5.43. The average Bonchev–Trinajstić information content (AvgIpc) is 2.42. The van der Waals surface area contributed by atoms with E-state index in [0.717, 1.165) is 38.4 Å². The topological polar surface area (TPSA) is 31.4 Å². The van der Waals surface area contributed by atoms with Gasteiger partial charge in [-0.15, -0.1) is 0 Å². The van der Waals surface area contributed by atoms with Crippen molar-refractivity contribution < 1.29 is 0 Å². The van der Waals surface area contributed by atoms with Gasteiger partial charge in [0.05, 0.1) is 0 Å². The molecule has 1 N–H and O–H groups in total. The fourth-order valence-electron chi connectivity index (χ4n) is 2.41. The number of likely N-dealkylation sites (N-methyl/N-ethyl adjacent to an activating group) is 2. The summed E-state index contributed by atoms with van der Waals surface area (Å²) < 4.78 is 0. The Morgan fingerprint density at radius 1 is 1.30 bits per heavy atom. The molecule has 0 spiro atoms. The van der Waals surface area contributed by atoms with Gasteiger partial charge in [-0.2, -0.15) is 0 Å². The van der Waals surface area contributed by atoms with Gasteiger partial charge in [-0.05, 0) is 40.1 Å². The normalized spacial score (nSPS) is 12.9. The average molecular weight is 278 g/mol. The van der Waals surface area contributed by atoms with Gasteiger partial charge in [0.2, 0.25) is 0 Å². The summed E-state index contributed by atoms with van der Waals surface area (Å²) in [6.45, 7) is 10.7. The molecule has 0 bridgehead atoms. The van der Waals surface area contributed by atoms with E-state index in [1.807, 2.05) is 12.3 Å². The first-order chi connectivity index (χ1) is 9.58. The maximum Gasteiger partial charge on any atom is 0.130 e. The lowest BCUT2D eigenvalue weighted by molar-refractivity contribution is 0.174. The minimum absolute atomic E-state index is 0.536. The zero-order chi connectivity index (χ0) is 15.0. The Morgan fingerprint density at radius 2 is 2.05 bits per heavy atom. The molecule has 0 aliphatic rings. The van der Waals surface area contributed by atoms with Gasteiger partial charge in [-0.3, -0.25) is 4.90 Å². The number of nitrogens with one attached hydrogen (secondary N) is 1. The summed E-state index contributed by atoms with van der Waals surface area (Å²) in [5, 5.41) is 3.42. The van der Waals surface area contributed by atoms with Crippen molar-refractivity contribution in [3.05, 3.63) is 23.9 Å². The van der Waals surface area contributed by atoms with Crippen LogP contribution in [0.25, 0.3) is 0 Å². The van der Waals surface area contributed by atoms with Gasteiger partial charge in [0.1, 0.15) is 5.82 Å². The van der Waals surface area contributed by atoms with E-state index in [1.165, 1.54) is 5.56 Å². The quantitative estimate of drug-likeness (QED) is 0.752. The highest BCUT2D eigenvalue weighted by atomic mass is 15.2. The maximum absolute atomic E-state index is 4.48. The molecule has 1 atom stereocenters. The van der Waals surface area contributed by atoms with E-state index in [4.69, 9.17) is 0 Å². The second kappa shape index (κ2) is 8.93. The molecule has 0 fully saturated rings. The van der Waals surface area contributed by atoms with E-state index >= 15 is 0 Å². The molecule has 114 valence electrons. The molecule has 0 aliphatic heterocycles. The van der Waals surface area contributed by atoms with E-state index in [2.05, 4.69) is 61.0 Å². The Bertz CT molecular complexity index is 378. The Balaban J connectivity index is 2.73. The zero-order valence-corrected chi connectivity index (χ0v) is 13.7. The summed E-state index contributed by atoms with van der Waals surface area (Å²) in [6, 6.07) is 4.74. The molecule has 20 heavy (non-hydrogen) atoms. The number of anilines is 1. The monoisotopic (exact) mass is 278 g/mol. The van der Waals surface area contributed by atoms with Gasteiger partial charge in [-0.25, -0.2) is 4.98 Å². The number of hydrogen-bond donors (Lipinski definition) is 1. The van der Waals surface area contributed by atoms with Gasteiger partial charge in [0, 0.05) is 37.4 Å². The van der Waals surface area contributed by atoms with Crippen LogP contribution in [0.1, 0.15) is 32.8 Å². The molecule has 1 aromatic rings. The van der Waals surface area contributed by atoms with E-state index in [9.17, 15) is 0 Å². The molecule has 1 unspecified atom stereocenters. The van der Waals surface area contributed by atoms with Crippen molar-refractivity contribution in [3.8, 4) is 0 Å². The second-order valence-corrected chi connectivity index (χ2v) is 5.61. The summed E-state index contributed by atoms with van der Waals surface area (Å²) in [5.41, 5.74) is 1.29. The third-order valence-corrected chi connectivity index (χ3v) is 3.47. The van der Waals surface area contributed by atoms with Crippen molar-refractivity contribution in [1.29, 1.82) is 0 Å². The fraction of sp³-hybridized carbons (Fsp3) is 0.688. The molecule has 4 heteroatoms. The molecule has 4 nitrogen and oxygen atoms in total. The zero-order valence-electron chi connectivity index (χ0n) is 13.7. The molecule has 1 rings (SSSR count). The largest absolute Gasteiger partial charge is 0.370 e. The minimum atomic E-state index is 0.536. The van der Waals surface area contributed by atoms with Crippen LogP contribution < -0.4 is 5.32 Å². The van der Waals surface area contributed by atoms with Crippen molar-refractivity contribution in [2.24, 2.45) is 0 Å². The van der Waals surface area contributed by atoms with E-state index in [1.54, 1.807) is 0 Å². The van der Waals surface area contributed by atoms with Gasteiger partial charge in [0.15, 0.2) is 0 Å². The molecule has 1 heterocycles. The van der Waals surface area contributed by atoms with Gasteiger partial charge in [-0.1, -0.05) is 19.9 Å². The van der Waals surface area contributed by atoms with Crippen molar-refractivity contribution >= 4 is 5.82 Å². The van der Waals surface area contributed by atoms with Crippen molar-refractivity contribution in [2.75, 3.05) is 39.0 Å². The van der Waals surface area contributed by atoms with Gasteiger partial charge in [0.25, 0.3) is 0 Å². The predicted molar refractivity (Wildman–Crippen MR) is 87.1 cm³/mol. The van der Waals surface area contributed by atoms with E-state index < -0.39 is 0 Å². The number of pyridine rings is 1. The number of aromatic nitrogens is 1. The Morgan fingerprint density at radius 3 is 2.65 bits per heavy atom. The second-order valence-electron chi connectivity index (χ2n) is 5.61. The van der Waals surface area contributed by atoms with E-state index in [-0.39, 0.29) is 0 Å². The minimum Gasteiger partial charge on any atom is -0.370 e. The first-order valence-corrected chi connectivity index (χ1v) is 7.65. The third kappa shape index (κ3) is 5.47. The summed E-state index contributed by atoms with van der Waals surface area (Å²) in [4.78, 5) is 9.21. The predicted octanol–water partition coefficient (Wildman–Crippen LogP) is 2.68. The summed E-state index contributed by atoms with van der Waals surface area (Å²) in [6.07, 6.45) is 2.98. The third-order valence-electron chi connectivity index (χ3n) is 3.47. The maximum atomic E-state index is 4.48.